The molecule has 3 heterocycles. The molecule has 1 aromatic rings. The zero-order chi connectivity index (χ0) is 16.2. The molecule has 6 heteroatoms. The van der Waals surface area contributed by atoms with Gasteiger partial charge in [0.05, 0.1) is 24.9 Å². The van der Waals surface area contributed by atoms with Gasteiger partial charge in [-0.05, 0) is 31.2 Å². The van der Waals surface area contributed by atoms with Crippen molar-refractivity contribution in [1.82, 2.24) is 14.7 Å². The van der Waals surface area contributed by atoms with Crippen molar-refractivity contribution >= 4 is 5.91 Å². The minimum absolute atomic E-state index is 0.0378. The second-order valence-corrected chi connectivity index (χ2v) is 6.28. The van der Waals surface area contributed by atoms with Gasteiger partial charge in [0.15, 0.2) is 0 Å². The largest absolute Gasteiger partial charge is 0.372 e. The molecule has 3 atom stereocenters. The first kappa shape index (κ1) is 16.2. The number of hydrogen-bond acceptors (Lipinski definition) is 4. The van der Waals surface area contributed by atoms with Gasteiger partial charge in [0.1, 0.15) is 6.10 Å². The van der Waals surface area contributed by atoms with E-state index in [-0.39, 0.29) is 24.2 Å². The molecule has 1 aromatic heterocycles. The molecule has 1 amide bonds. The highest BCUT2D eigenvalue weighted by molar-refractivity contribution is 5.82. The van der Waals surface area contributed by atoms with Gasteiger partial charge in [-0.1, -0.05) is 6.08 Å². The molecule has 126 valence electrons. The third kappa shape index (κ3) is 3.64. The minimum atomic E-state index is -0.274. The summed E-state index contributed by atoms with van der Waals surface area (Å²) in [4.78, 5) is 14.7. The first-order chi connectivity index (χ1) is 11.2. The van der Waals surface area contributed by atoms with E-state index < -0.39 is 0 Å². The van der Waals surface area contributed by atoms with Gasteiger partial charge in [-0.3, -0.25) is 9.48 Å². The third-order valence-electron chi connectivity index (χ3n) is 4.60. The predicted molar refractivity (Wildman–Crippen MR) is 85.9 cm³/mol. The number of rotatable bonds is 6. The van der Waals surface area contributed by atoms with Crippen molar-refractivity contribution in [2.24, 2.45) is 7.05 Å². The van der Waals surface area contributed by atoms with Gasteiger partial charge < -0.3 is 14.4 Å². The highest BCUT2D eigenvalue weighted by Gasteiger charge is 2.41. The molecule has 2 fully saturated rings. The van der Waals surface area contributed by atoms with Crippen molar-refractivity contribution in [3.8, 4) is 0 Å². The maximum atomic E-state index is 12.8. The summed E-state index contributed by atoms with van der Waals surface area (Å²) in [6.07, 6.45) is 8.79. The summed E-state index contributed by atoms with van der Waals surface area (Å²) in [7, 11) is 1.90. The Hall–Kier alpha value is -1.66. The number of aryl methyl sites for hydroxylation is 1. The molecule has 3 rings (SSSR count). The topological polar surface area (TPSA) is 56.6 Å². The summed E-state index contributed by atoms with van der Waals surface area (Å²) in [5.41, 5.74) is 1.12. The number of carbonyl (C=O) groups is 1. The first-order valence-electron chi connectivity index (χ1n) is 8.31. The standard InChI is InChI=1S/C17H25N3O3/c1-3-8-22-15-6-7-20(17(21)16-5-4-9-23-16)14(15)10-13-11-18-19(2)12-13/h3,11-12,14-16H,1,4-10H2,2H3/t14-,15+,16+/m0/s1. The summed E-state index contributed by atoms with van der Waals surface area (Å²) in [6, 6.07) is 0.0378. The summed E-state index contributed by atoms with van der Waals surface area (Å²) in [5, 5.41) is 4.22. The first-order valence-corrected chi connectivity index (χ1v) is 8.31. The molecule has 2 saturated heterocycles. The van der Waals surface area contributed by atoms with Gasteiger partial charge in [0.25, 0.3) is 5.91 Å². The van der Waals surface area contributed by atoms with Crippen molar-refractivity contribution in [2.45, 2.75) is 43.9 Å². The maximum Gasteiger partial charge on any atom is 0.252 e. The molecule has 23 heavy (non-hydrogen) atoms. The zero-order valence-corrected chi connectivity index (χ0v) is 13.7. The quantitative estimate of drug-likeness (QED) is 0.742. The van der Waals surface area contributed by atoms with Crippen LogP contribution in [0, 0.1) is 0 Å². The summed E-state index contributed by atoms with van der Waals surface area (Å²) in [6.45, 7) is 5.64. The van der Waals surface area contributed by atoms with Gasteiger partial charge in [0, 0.05) is 26.4 Å². The monoisotopic (exact) mass is 319 g/mol. The maximum absolute atomic E-state index is 12.8. The van der Waals surface area contributed by atoms with Crippen LogP contribution >= 0.6 is 0 Å². The van der Waals surface area contributed by atoms with Gasteiger partial charge in [-0.15, -0.1) is 6.58 Å². The van der Waals surface area contributed by atoms with Gasteiger partial charge in [-0.2, -0.15) is 5.10 Å². The molecule has 0 unspecified atom stereocenters. The Bertz CT molecular complexity index is 551. The molecule has 0 bridgehead atoms. The molecule has 6 nitrogen and oxygen atoms in total. The number of aromatic nitrogens is 2. The summed E-state index contributed by atoms with van der Waals surface area (Å²) < 4.78 is 13.3. The molecule has 0 spiro atoms. The van der Waals surface area contributed by atoms with E-state index in [1.165, 1.54) is 0 Å². The number of ether oxygens (including phenoxy) is 2. The lowest BCUT2D eigenvalue weighted by Crippen LogP contribution is -2.46. The fourth-order valence-corrected chi connectivity index (χ4v) is 3.50. The Labute approximate surface area is 137 Å². The van der Waals surface area contributed by atoms with Crippen LogP contribution < -0.4 is 0 Å². The van der Waals surface area contributed by atoms with Crippen molar-refractivity contribution in [3.63, 3.8) is 0 Å². The fraction of sp³-hybridized carbons (Fsp3) is 0.647. The second kappa shape index (κ2) is 7.27. The number of amides is 1. The lowest BCUT2D eigenvalue weighted by molar-refractivity contribution is -0.142. The number of hydrogen-bond donors (Lipinski definition) is 0. The average molecular weight is 319 g/mol. The summed E-state index contributed by atoms with van der Waals surface area (Å²) in [5.74, 6) is 0.112. The minimum Gasteiger partial charge on any atom is -0.372 e. The van der Waals surface area contributed by atoms with Gasteiger partial charge >= 0.3 is 0 Å². The van der Waals surface area contributed by atoms with E-state index in [2.05, 4.69) is 11.7 Å². The lowest BCUT2D eigenvalue weighted by atomic mass is 10.0. The molecule has 0 saturated carbocycles. The lowest BCUT2D eigenvalue weighted by Gasteiger charge is -2.29. The highest BCUT2D eigenvalue weighted by atomic mass is 16.5. The molecule has 0 radical (unpaired) electrons. The molecular formula is C17H25N3O3. The van der Waals surface area contributed by atoms with Crippen LogP contribution in [-0.2, 0) is 27.7 Å². The molecular weight excluding hydrogens is 294 g/mol. The SMILES string of the molecule is C=CCO[C@@H]1CCN(C(=O)[C@H]2CCCO2)[C@H]1Cc1cnn(C)c1. The zero-order valence-electron chi connectivity index (χ0n) is 13.7. The predicted octanol–water partition coefficient (Wildman–Crippen LogP) is 1.31. The molecule has 0 aromatic carbocycles. The Morgan fingerprint density at radius 1 is 1.57 bits per heavy atom. The Kier molecular flexibility index (Phi) is 5.13. The van der Waals surface area contributed by atoms with E-state index in [9.17, 15) is 4.79 Å². The van der Waals surface area contributed by atoms with Crippen LogP contribution in [0.25, 0.3) is 0 Å². The van der Waals surface area contributed by atoms with Crippen LogP contribution in [0.1, 0.15) is 24.8 Å². The van der Waals surface area contributed by atoms with E-state index in [0.29, 0.717) is 13.2 Å². The van der Waals surface area contributed by atoms with Crippen LogP contribution in [0.15, 0.2) is 25.0 Å². The fourth-order valence-electron chi connectivity index (χ4n) is 3.50. The van der Waals surface area contributed by atoms with Gasteiger partial charge in [-0.25, -0.2) is 0 Å². The van der Waals surface area contributed by atoms with E-state index >= 15 is 0 Å². The number of likely N-dealkylation sites (tertiary alicyclic amines) is 1. The van der Waals surface area contributed by atoms with E-state index in [4.69, 9.17) is 9.47 Å². The Balaban J connectivity index is 1.73. The third-order valence-corrected chi connectivity index (χ3v) is 4.60. The van der Waals surface area contributed by atoms with Crippen LogP contribution in [0.3, 0.4) is 0 Å². The van der Waals surface area contributed by atoms with Crippen molar-refractivity contribution in [1.29, 1.82) is 0 Å². The van der Waals surface area contributed by atoms with Crippen molar-refractivity contribution in [3.05, 3.63) is 30.6 Å². The van der Waals surface area contributed by atoms with Crippen LogP contribution in [0.4, 0.5) is 0 Å². The number of carbonyl (C=O) groups excluding carboxylic acids is 1. The molecule has 0 aliphatic carbocycles. The smallest absolute Gasteiger partial charge is 0.252 e. The van der Waals surface area contributed by atoms with Crippen molar-refractivity contribution in [2.75, 3.05) is 19.8 Å². The van der Waals surface area contributed by atoms with E-state index in [1.54, 1.807) is 10.8 Å². The van der Waals surface area contributed by atoms with Crippen LogP contribution in [0.5, 0.6) is 0 Å². The highest BCUT2D eigenvalue weighted by Crippen LogP contribution is 2.27. The summed E-state index contributed by atoms with van der Waals surface area (Å²) >= 11 is 0. The van der Waals surface area contributed by atoms with Crippen molar-refractivity contribution < 1.29 is 14.3 Å². The average Bonchev–Trinajstić information content (AvgIpc) is 3.27. The normalized spacial score (nSPS) is 27.5. The van der Waals surface area contributed by atoms with E-state index in [0.717, 1.165) is 37.8 Å². The Morgan fingerprint density at radius 3 is 3.09 bits per heavy atom. The molecule has 2 aliphatic rings. The molecule has 2 aliphatic heterocycles. The van der Waals surface area contributed by atoms with Crippen LogP contribution in [0.2, 0.25) is 0 Å². The Morgan fingerprint density at radius 2 is 2.43 bits per heavy atom. The number of nitrogens with zero attached hydrogens (tertiary/aromatic N) is 3. The van der Waals surface area contributed by atoms with Crippen LogP contribution in [-0.4, -0.2) is 58.6 Å². The second-order valence-electron chi connectivity index (χ2n) is 6.28. The van der Waals surface area contributed by atoms with E-state index in [1.807, 2.05) is 24.3 Å². The van der Waals surface area contributed by atoms with Gasteiger partial charge in [0.2, 0.25) is 0 Å². The molecule has 0 N–H and O–H groups in total.